The first-order chi connectivity index (χ1) is 9.10. The van der Waals surface area contributed by atoms with Crippen molar-refractivity contribution in [3.63, 3.8) is 0 Å². The van der Waals surface area contributed by atoms with Gasteiger partial charge in [-0.25, -0.2) is 4.98 Å². The molecule has 1 amide bonds. The molecular weight excluding hydrogens is 268 g/mol. The van der Waals surface area contributed by atoms with Gasteiger partial charge in [0.1, 0.15) is 5.69 Å². The van der Waals surface area contributed by atoms with Crippen molar-refractivity contribution in [2.24, 2.45) is 0 Å². The summed E-state index contributed by atoms with van der Waals surface area (Å²) in [5.74, 6) is -0.363. The summed E-state index contributed by atoms with van der Waals surface area (Å²) in [6.07, 6.45) is 0. The largest absolute Gasteiger partial charge is 0.468 e. The van der Waals surface area contributed by atoms with Crippen LogP contribution in [0, 0.1) is 0 Å². The van der Waals surface area contributed by atoms with Crippen LogP contribution in [0.15, 0.2) is 5.38 Å². The van der Waals surface area contributed by atoms with Crippen LogP contribution in [0.5, 0.6) is 0 Å². The number of hydrogen-bond acceptors (Lipinski definition) is 7. The number of amides is 1. The Balaban J connectivity index is 1.86. The number of nitrogens with zero attached hydrogens (tertiary/aromatic N) is 3. The molecule has 2 N–H and O–H groups in total. The van der Waals surface area contributed by atoms with Gasteiger partial charge in [0.15, 0.2) is 5.13 Å². The molecule has 2 rings (SSSR count). The van der Waals surface area contributed by atoms with Gasteiger partial charge in [-0.15, -0.1) is 11.3 Å². The molecule has 19 heavy (non-hydrogen) atoms. The van der Waals surface area contributed by atoms with E-state index in [1.54, 1.807) is 10.3 Å². The fourth-order valence-corrected chi connectivity index (χ4v) is 2.44. The van der Waals surface area contributed by atoms with E-state index in [1.165, 1.54) is 18.4 Å². The Labute approximate surface area is 115 Å². The van der Waals surface area contributed by atoms with Gasteiger partial charge < -0.3 is 15.4 Å². The fraction of sp³-hybridized carbons (Fsp3) is 0.545. The molecule has 1 aromatic rings. The van der Waals surface area contributed by atoms with Crippen LogP contribution >= 0.6 is 11.3 Å². The minimum Gasteiger partial charge on any atom is -0.468 e. The number of nitrogens with two attached hydrogens (primary N) is 1. The van der Waals surface area contributed by atoms with E-state index in [0.29, 0.717) is 37.0 Å². The van der Waals surface area contributed by atoms with Gasteiger partial charge in [-0.3, -0.25) is 14.5 Å². The quantitative estimate of drug-likeness (QED) is 0.764. The van der Waals surface area contributed by atoms with Gasteiger partial charge in [-0.1, -0.05) is 0 Å². The molecule has 1 saturated heterocycles. The second-order valence-corrected chi connectivity index (χ2v) is 5.11. The number of methoxy groups -OCH3 is 1. The first-order valence-corrected chi connectivity index (χ1v) is 6.77. The molecule has 0 aliphatic carbocycles. The van der Waals surface area contributed by atoms with Gasteiger partial charge >= 0.3 is 5.97 Å². The van der Waals surface area contributed by atoms with Gasteiger partial charge in [0.2, 0.25) is 0 Å². The second kappa shape index (κ2) is 5.98. The van der Waals surface area contributed by atoms with E-state index in [4.69, 9.17) is 5.73 Å². The first kappa shape index (κ1) is 13.8. The van der Waals surface area contributed by atoms with Crippen LogP contribution in [0.25, 0.3) is 0 Å². The monoisotopic (exact) mass is 284 g/mol. The zero-order valence-electron chi connectivity index (χ0n) is 10.7. The SMILES string of the molecule is COC(=O)CN1CCN(C(=O)c2csc(N)n2)CC1. The van der Waals surface area contributed by atoms with Crippen molar-refractivity contribution in [2.45, 2.75) is 0 Å². The van der Waals surface area contributed by atoms with Crippen molar-refractivity contribution >= 4 is 28.3 Å². The summed E-state index contributed by atoms with van der Waals surface area (Å²) >= 11 is 1.26. The number of nitrogen functional groups attached to an aromatic ring is 1. The summed E-state index contributed by atoms with van der Waals surface area (Å²) in [6, 6.07) is 0. The third kappa shape index (κ3) is 3.42. The summed E-state index contributed by atoms with van der Waals surface area (Å²) < 4.78 is 4.62. The maximum Gasteiger partial charge on any atom is 0.319 e. The molecule has 1 fully saturated rings. The second-order valence-electron chi connectivity index (χ2n) is 4.22. The molecule has 0 saturated carbocycles. The van der Waals surface area contributed by atoms with Crippen molar-refractivity contribution in [1.29, 1.82) is 0 Å². The summed E-state index contributed by atoms with van der Waals surface area (Å²) in [7, 11) is 1.37. The number of carbonyl (C=O) groups excluding carboxylic acids is 2. The molecule has 0 aromatic carbocycles. The van der Waals surface area contributed by atoms with Crippen LogP contribution in [0.3, 0.4) is 0 Å². The Bertz CT molecular complexity index is 468. The molecule has 0 spiro atoms. The van der Waals surface area contributed by atoms with Gasteiger partial charge in [0, 0.05) is 31.6 Å². The van der Waals surface area contributed by atoms with Crippen LogP contribution in [-0.4, -0.2) is 66.5 Å². The van der Waals surface area contributed by atoms with Gasteiger partial charge in [0.25, 0.3) is 5.91 Å². The van der Waals surface area contributed by atoms with Crippen LogP contribution < -0.4 is 5.73 Å². The lowest BCUT2D eigenvalue weighted by atomic mass is 10.3. The maximum atomic E-state index is 12.1. The topological polar surface area (TPSA) is 88.8 Å². The number of aromatic nitrogens is 1. The van der Waals surface area contributed by atoms with E-state index in [-0.39, 0.29) is 18.4 Å². The predicted molar refractivity (Wildman–Crippen MR) is 70.9 cm³/mol. The Kier molecular flexibility index (Phi) is 4.33. The number of anilines is 1. The van der Waals surface area contributed by atoms with Gasteiger partial charge in [-0.2, -0.15) is 0 Å². The lowest BCUT2D eigenvalue weighted by Gasteiger charge is -2.33. The fourth-order valence-electron chi connectivity index (χ4n) is 1.90. The Hall–Kier alpha value is -1.67. The van der Waals surface area contributed by atoms with Crippen LogP contribution in [-0.2, 0) is 9.53 Å². The third-order valence-electron chi connectivity index (χ3n) is 2.98. The Morgan fingerprint density at radius 3 is 2.63 bits per heavy atom. The number of piperazine rings is 1. The summed E-state index contributed by atoms with van der Waals surface area (Å²) in [6.45, 7) is 2.73. The third-order valence-corrected chi connectivity index (χ3v) is 3.65. The van der Waals surface area contributed by atoms with E-state index in [1.807, 2.05) is 4.90 Å². The minimum absolute atomic E-state index is 0.106. The number of esters is 1. The van der Waals surface area contributed by atoms with Crippen molar-refractivity contribution in [1.82, 2.24) is 14.8 Å². The molecule has 1 aromatic heterocycles. The Morgan fingerprint density at radius 2 is 2.11 bits per heavy atom. The van der Waals surface area contributed by atoms with Crippen LogP contribution in [0.1, 0.15) is 10.5 Å². The molecule has 0 unspecified atom stereocenters. The van der Waals surface area contributed by atoms with E-state index >= 15 is 0 Å². The lowest BCUT2D eigenvalue weighted by Crippen LogP contribution is -2.50. The van der Waals surface area contributed by atoms with Gasteiger partial charge in [-0.05, 0) is 0 Å². The van der Waals surface area contributed by atoms with Crippen molar-refractivity contribution in [3.05, 3.63) is 11.1 Å². The summed E-state index contributed by atoms with van der Waals surface area (Å²) in [5.41, 5.74) is 5.91. The molecule has 7 nitrogen and oxygen atoms in total. The minimum atomic E-state index is -0.257. The highest BCUT2D eigenvalue weighted by molar-refractivity contribution is 7.13. The number of hydrogen-bond donors (Lipinski definition) is 1. The zero-order valence-corrected chi connectivity index (χ0v) is 11.5. The van der Waals surface area contributed by atoms with E-state index in [0.717, 1.165) is 0 Å². The molecule has 1 aliphatic rings. The van der Waals surface area contributed by atoms with Crippen molar-refractivity contribution in [3.8, 4) is 0 Å². The normalized spacial score (nSPS) is 16.4. The lowest BCUT2D eigenvalue weighted by molar-refractivity contribution is -0.142. The summed E-state index contributed by atoms with van der Waals surface area (Å²) in [5, 5.41) is 2.06. The highest BCUT2D eigenvalue weighted by Gasteiger charge is 2.24. The van der Waals surface area contributed by atoms with Crippen molar-refractivity contribution in [2.75, 3.05) is 45.6 Å². The van der Waals surface area contributed by atoms with E-state index < -0.39 is 0 Å². The molecule has 0 bridgehead atoms. The van der Waals surface area contributed by atoms with Crippen molar-refractivity contribution < 1.29 is 14.3 Å². The van der Waals surface area contributed by atoms with Gasteiger partial charge in [0.05, 0.1) is 13.7 Å². The standard InChI is InChI=1S/C11H16N4O3S/c1-18-9(16)6-14-2-4-15(5-3-14)10(17)8-7-19-11(12)13-8/h7H,2-6H2,1H3,(H2,12,13). The molecule has 8 heteroatoms. The number of rotatable bonds is 3. The molecule has 2 heterocycles. The highest BCUT2D eigenvalue weighted by Crippen LogP contribution is 2.14. The smallest absolute Gasteiger partial charge is 0.319 e. The van der Waals surface area contributed by atoms with E-state index in [9.17, 15) is 9.59 Å². The average molecular weight is 284 g/mol. The summed E-state index contributed by atoms with van der Waals surface area (Å²) in [4.78, 5) is 30.9. The van der Waals surface area contributed by atoms with Crippen LogP contribution in [0.2, 0.25) is 0 Å². The number of ether oxygens (including phenoxy) is 1. The molecule has 0 atom stereocenters. The highest BCUT2D eigenvalue weighted by atomic mass is 32.1. The van der Waals surface area contributed by atoms with Crippen LogP contribution in [0.4, 0.5) is 5.13 Å². The molecular formula is C11H16N4O3S. The predicted octanol–water partition coefficient (Wildman–Crippen LogP) is -0.344. The average Bonchev–Trinajstić information content (AvgIpc) is 2.85. The Morgan fingerprint density at radius 1 is 1.42 bits per heavy atom. The number of carbonyl (C=O) groups is 2. The first-order valence-electron chi connectivity index (χ1n) is 5.89. The molecule has 1 aliphatic heterocycles. The number of thiazole rings is 1. The maximum absolute atomic E-state index is 12.1. The van der Waals surface area contributed by atoms with E-state index in [2.05, 4.69) is 9.72 Å². The zero-order chi connectivity index (χ0) is 13.8. The molecule has 104 valence electrons. The molecule has 0 radical (unpaired) electrons.